The Hall–Kier alpha value is -2.04. The van der Waals surface area contributed by atoms with E-state index in [0.717, 1.165) is 11.1 Å². The number of hydrogen-bond donors (Lipinski definition) is 0. The van der Waals surface area contributed by atoms with Crippen molar-refractivity contribution < 1.29 is 0 Å². The monoisotopic (exact) mass is 206 g/mol. The van der Waals surface area contributed by atoms with E-state index in [-0.39, 0.29) is 0 Å². The van der Waals surface area contributed by atoms with Crippen molar-refractivity contribution in [3.05, 3.63) is 83.6 Å². The van der Waals surface area contributed by atoms with Crippen LogP contribution in [0, 0.1) is 6.92 Å². The molecule has 0 bridgehead atoms. The Morgan fingerprint density at radius 1 is 0.938 bits per heavy atom. The molecule has 0 fully saturated rings. The molecule has 0 nitrogen and oxygen atoms in total. The van der Waals surface area contributed by atoms with Crippen molar-refractivity contribution in [3.8, 4) is 0 Å². The third-order valence-corrected chi connectivity index (χ3v) is 2.65. The van der Waals surface area contributed by atoms with Gasteiger partial charge in [-0.1, -0.05) is 61.2 Å². The molecule has 0 aliphatic rings. The van der Waals surface area contributed by atoms with E-state index in [1.54, 1.807) is 0 Å². The minimum atomic E-state index is 1.07. The van der Waals surface area contributed by atoms with E-state index < -0.39 is 0 Å². The van der Waals surface area contributed by atoms with Gasteiger partial charge in [0.05, 0.1) is 0 Å². The molecule has 2 rings (SSSR count). The van der Waals surface area contributed by atoms with Gasteiger partial charge in [-0.25, -0.2) is 0 Å². The molecule has 0 aliphatic heterocycles. The number of rotatable bonds is 2. The highest BCUT2D eigenvalue weighted by atomic mass is 14.1. The van der Waals surface area contributed by atoms with Gasteiger partial charge < -0.3 is 0 Å². The van der Waals surface area contributed by atoms with E-state index in [4.69, 9.17) is 0 Å². The van der Waals surface area contributed by atoms with Crippen LogP contribution >= 0.6 is 0 Å². The molecule has 0 unspecified atom stereocenters. The zero-order valence-electron chi connectivity index (χ0n) is 9.40. The van der Waals surface area contributed by atoms with Gasteiger partial charge in [0, 0.05) is 5.57 Å². The molecule has 0 aromatic heterocycles. The van der Waals surface area contributed by atoms with E-state index in [9.17, 15) is 0 Å². The molecule has 0 amide bonds. The summed E-state index contributed by atoms with van der Waals surface area (Å²) in [6.45, 7) is 5.90. The summed E-state index contributed by atoms with van der Waals surface area (Å²) >= 11 is 0. The molecule has 0 N–H and O–H groups in total. The first-order chi connectivity index (χ1) is 7.83. The highest BCUT2D eigenvalue weighted by molar-refractivity contribution is 5.80. The normalized spacial score (nSPS) is 9.56. The average Bonchev–Trinajstić information content (AvgIpc) is 2.34. The van der Waals surface area contributed by atoms with Gasteiger partial charge >= 0.3 is 0 Å². The Balaban J connectivity index is 2.55. The summed E-state index contributed by atoms with van der Waals surface area (Å²) in [6.07, 6.45) is 0. The summed E-state index contributed by atoms with van der Waals surface area (Å²) in [5.74, 6) is 0. The van der Waals surface area contributed by atoms with Crippen LogP contribution in [0.1, 0.15) is 16.7 Å². The summed E-state index contributed by atoms with van der Waals surface area (Å²) in [7, 11) is 0. The highest BCUT2D eigenvalue weighted by Crippen LogP contribution is 2.24. The molecular weight excluding hydrogens is 192 g/mol. The van der Waals surface area contributed by atoms with E-state index >= 15 is 0 Å². The van der Waals surface area contributed by atoms with E-state index in [2.05, 4.69) is 43.5 Å². The summed E-state index contributed by atoms with van der Waals surface area (Å²) < 4.78 is 0. The minimum absolute atomic E-state index is 1.07. The maximum Gasteiger partial charge on any atom is 0.0305 e. The third kappa shape index (κ3) is 1.98. The van der Waals surface area contributed by atoms with Crippen LogP contribution in [0.4, 0.5) is 0 Å². The lowest BCUT2D eigenvalue weighted by atomic mass is 9.95. The van der Waals surface area contributed by atoms with Gasteiger partial charge in [0.25, 0.3) is 0 Å². The Bertz CT molecular complexity index is 529. The fourth-order valence-electron chi connectivity index (χ4n) is 1.81. The van der Waals surface area contributed by atoms with Crippen LogP contribution in [0.15, 0.2) is 66.9 Å². The van der Waals surface area contributed by atoms with E-state index in [1.165, 1.54) is 11.1 Å². The van der Waals surface area contributed by atoms with Crippen LogP contribution in [-0.4, -0.2) is 0 Å². The second-order valence-electron chi connectivity index (χ2n) is 3.73. The molecule has 16 heavy (non-hydrogen) atoms. The summed E-state index contributed by atoms with van der Waals surface area (Å²) in [5.41, 5.74) is 7.72. The van der Waals surface area contributed by atoms with Gasteiger partial charge in [-0.15, -0.1) is 5.73 Å². The lowest BCUT2D eigenvalue weighted by Gasteiger charge is -2.08. The Kier molecular flexibility index (Phi) is 3.05. The third-order valence-electron chi connectivity index (χ3n) is 2.65. The molecule has 0 atom stereocenters. The first-order valence-corrected chi connectivity index (χ1v) is 5.34. The predicted molar refractivity (Wildman–Crippen MR) is 69.3 cm³/mol. The lowest BCUT2D eigenvalue weighted by molar-refractivity contribution is 1.41. The highest BCUT2D eigenvalue weighted by Gasteiger charge is 2.05. The predicted octanol–water partition coefficient (Wildman–Crippen LogP) is 4.21. The molecule has 2 aromatic carbocycles. The number of hydrogen-bond acceptors (Lipinski definition) is 0. The van der Waals surface area contributed by atoms with Crippen LogP contribution < -0.4 is 0 Å². The van der Waals surface area contributed by atoms with Crippen LogP contribution in [0.3, 0.4) is 0 Å². The molecule has 0 radical (unpaired) electrons. The number of aryl methyl sites for hydroxylation is 1. The molecule has 2 aromatic rings. The standard InChI is InChI=1S/C16H14/c1-3-15(14-10-5-4-6-11-14)16-12-8-7-9-13(16)2/h4-12H,1H2,2H3. The Morgan fingerprint density at radius 2 is 1.56 bits per heavy atom. The summed E-state index contributed by atoms with van der Waals surface area (Å²) in [6, 6.07) is 18.6. The van der Waals surface area contributed by atoms with Crippen molar-refractivity contribution in [2.75, 3.05) is 0 Å². The summed E-state index contributed by atoms with van der Waals surface area (Å²) in [4.78, 5) is 0. The second-order valence-corrected chi connectivity index (χ2v) is 3.73. The Labute approximate surface area is 96.6 Å². The van der Waals surface area contributed by atoms with Crippen molar-refractivity contribution in [1.82, 2.24) is 0 Å². The van der Waals surface area contributed by atoms with Crippen LogP contribution in [0.25, 0.3) is 5.57 Å². The molecule has 0 saturated carbocycles. The lowest BCUT2D eigenvalue weighted by Crippen LogP contribution is -1.89. The van der Waals surface area contributed by atoms with Crippen molar-refractivity contribution in [2.24, 2.45) is 0 Å². The van der Waals surface area contributed by atoms with Crippen molar-refractivity contribution in [1.29, 1.82) is 0 Å². The van der Waals surface area contributed by atoms with Gasteiger partial charge in [-0.2, -0.15) is 0 Å². The summed E-state index contributed by atoms with van der Waals surface area (Å²) in [5, 5.41) is 0. The molecule has 0 heteroatoms. The van der Waals surface area contributed by atoms with Gasteiger partial charge in [0.2, 0.25) is 0 Å². The van der Waals surface area contributed by atoms with Crippen molar-refractivity contribution >= 4 is 5.57 Å². The Morgan fingerprint density at radius 3 is 2.19 bits per heavy atom. The maximum atomic E-state index is 3.79. The van der Waals surface area contributed by atoms with E-state index in [0.29, 0.717) is 0 Å². The molecule has 0 spiro atoms. The fourth-order valence-corrected chi connectivity index (χ4v) is 1.81. The van der Waals surface area contributed by atoms with Gasteiger partial charge in [0.15, 0.2) is 0 Å². The van der Waals surface area contributed by atoms with Crippen LogP contribution in [0.5, 0.6) is 0 Å². The quantitative estimate of drug-likeness (QED) is 0.646. The van der Waals surface area contributed by atoms with Crippen LogP contribution in [0.2, 0.25) is 0 Å². The zero-order valence-corrected chi connectivity index (χ0v) is 9.40. The van der Waals surface area contributed by atoms with Crippen molar-refractivity contribution in [3.63, 3.8) is 0 Å². The first-order valence-electron chi connectivity index (χ1n) is 5.34. The topological polar surface area (TPSA) is 0 Å². The van der Waals surface area contributed by atoms with E-state index in [1.807, 2.05) is 30.3 Å². The molecular formula is C16H14. The first kappa shape index (κ1) is 10.5. The van der Waals surface area contributed by atoms with Crippen molar-refractivity contribution in [2.45, 2.75) is 6.92 Å². The smallest absolute Gasteiger partial charge is 0.0305 e. The average molecular weight is 206 g/mol. The van der Waals surface area contributed by atoms with Gasteiger partial charge in [-0.3, -0.25) is 0 Å². The molecule has 78 valence electrons. The van der Waals surface area contributed by atoms with Gasteiger partial charge in [0.1, 0.15) is 0 Å². The van der Waals surface area contributed by atoms with Gasteiger partial charge in [-0.05, 0) is 23.6 Å². The molecule has 0 saturated heterocycles. The SMILES string of the molecule is C=C=C(c1ccccc1)c1ccccc1C. The van der Waals surface area contributed by atoms with Crippen LogP contribution in [-0.2, 0) is 0 Å². The minimum Gasteiger partial charge on any atom is -0.119 e. The number of benzene rings is 2. The zero-order chi connectivity index (χ0) is 11.4. The molecule has 0 heterocycles. The largest absolute Gasteiger partial charge is 0.119 e. The molecule has 0 aliphatic carbocycles. The second kappa shape index (κ2) is 4.65. The fraction of sp³-hybridized carbons (Fsp3) is 0.0625. The maximum absolute atomic E-state index is 3.79.